The highest BCUT2D eigenvalue weighted by atomic mass is 16.5. The van der Waals surface area contributed by atoms with E-state index in [1.165, 1.54) is 6.20 Å². The molecule has 98 valence electrons. The molecule has 2 N–H and O–H groups in total. The lowest BCUT2D eigenvalue weighted by Crippen LogP contribution is -2.48. The van der Waals surface area contributed by atoms with Crippen molar-refractivity contribution in [2.75, 3.05) is 31.3 Å². The van der Waals surface area contributed by atoms with Gasteiger partial charge in [-0.2, -0.15) is 0 Å². The summed E-state index contributed by atoms with van der Waals surface area (Å²) in [7, 11) is 0. The number of aliphatic hydroxyl groups excluding tert-OH is 1. The van der Waals surface area contributed by atoms with E-state index in [9.17, 15) is 9.90 Å². The molecule has 1 aromatic heterocycles. The van der Waals surface area contributed by atoms with Gasteiger partial charge in [-0.1, -0.05) is 0 Å². The molecule has 7 heteroatoms. The van der Waals surface area contributed by atoms with E-state index in [4.69, 9.17) is 9.84 Å². The second-order valence-corrected chi connectivity index (χ2v) is 4.08. The first-order valence-corrected chi connectivity index (χ1v) is 5.65. The second-order valence-electron chi connectivity index (χ2n) is 4.08. The SMILES string of the molecule is Cc1nc(N2CCOCC2CO)ncc1C(=O)O. The number of aromatic nitrogens is 2. The van der Waals surface area contributed by atoms with E-state index in [1.807, 2.05) is 4.90 Å². The van der Waals surface area contributed by atoms with E-state index in [-0.39, 0.29) is 18.2 Å². The van der Waals surface area contributed by atoms with Crippen LogP contribution >= 0.6 is 0 Å². The highest BCUT2D eigenvalue weighted by Gasteiger charge is 2.25. The van der Waals surface area contributed by atoms with Gasteiger partial charge < -0.3 is 19.8 Å². The maximum atomic E-state index is 10.9. The average molecular weight is 253 g/mol. The van der Waals surface area contributed by atoms with Crippen LogP contribution in [0.3, 0.4) is 0 Å². The largest absolute Gasteiger partial charge is 0.478 e. The number of aliphatic hydroxyl groups is 1. The molecule has 7 nitrogen and oxygen atoms in total. The van der Waals surface area contributed by atoms with Crippen LogP contribution in [0, 0.1) is 6.92 Å². The summed E-state index contributed by atoms with van der Waals surface area (Å²) >= 11 is 0. The number of aromatic carboxylic acids is 1. The number of nitrogens with zero attached hydrogens (tertiary/aromatic N) is 3. The molecule has 0 spiro atoms. The van der Waals surface area contributed by atoms with Crippen LogP contribution in [0.25, 0.3) is 0 Å². The minimum absolute atomic E-state index is 0.0525. The fourth-order valence-corrected chi connectivity index (χ4v) is 1.87. The summed E-state index contributed by atoms with van der Waals surface area (Å²) in [4.78, 5) is 20.9. The van der Waals surface area contributed by atoms with Crippen LogP contribution in [0.4, 0.5) is 5.95 Å². The molecular weight excluding hydrogens is 238 g/mol. The Morgan fingerprint density at radius 1 is 1.67 bits per heavy atom. The third kappa shape index (κ3) is 2.41. The van der Waals surface area contributed by atoms with Gasteiger partial charge in [-0.3, -0.25) is 0 Å². The lowest BCUT2D eigenvalue weighted by molar-refractivity contribution is 0.0690. The lowest BCUT2D eigenvalue weighted by Gasteiger charge is -2.34. The van der Waals surface area contributed by atoms with E-state index >= 15 is 0 Å². The molecule has 1 fully saturated rings. The molecule has 1 aromatic rings. The van der Waals surface area contributed by atoms with Crippen LogP contribution in [0.2, 0.25) is 0 Å². The first-order chi connectivity index (χ1) is 8.63. The summed E-state index contributed by atoms with van der Waals surface area (Å²) in [6.07, 6.45) is 1.30. The standard InChI is InChI=1S/C11H15N3O4/c1-7-9(10(16)17)4-12-11(13-7)14-2-3-18-6-8(14)5-15/h4,8,15H,2-3,5-6H2,1H3,(H,16,17). The fourth-order valence-electron chi connectivity index (χ4n) is 1.87. The Balaban J connectivity index is 2.27. The van der Waals surface area contributed by atoms with Crippen molar-refractivity contribution in [1.29, 1.82) is 0 Å². The molecule has 0 amide bonds. The quantitative estimate of drug-likeness (QED) is 0.762. The fraction of sp³-hybridized carbons (Fsp3) is 0.545. The number of morpholine rings is 1. The summed E-state index contributed by atoms with van der Waals surface area (Å²) in [5.74, 6) is -0.611. The molecule has 1 aliphatic rings. The summed E-state index contributed by atoms with van der Waals surface area (Å²) in [6, 6.07) is -0.186. The zero-order valence-corrected chi connectivity index (χ0v) is 10.0. The van der Waals surface area contributed by atoms with E-state index in [1.54, 1.807) is 6.92 Å². The van der Waals surface area contributed by atoms with Crippen LogP contribution in [0.15, 0.2) is 6.20 Å². The van der Waals surface area contributed by atoms with Crippen LogP contribution < -0.4 is 4.90 Å². The van der Waals surface area contributed by atoms with Crippen LogP contribution in [0.5, 0.6) is 0 Å². The van der Waals surface area contributed by atoms with Crippen molar-refractivity contribution >= 4 is 11.9 Å². The Morgan fingerprint density at radius 3 is 3.06 bits per heavy atom. The highest BCUT2D eigenvalue weighted by Crippen LogP contribution is 2.16. The van der Waals surface area contributed by atoms with E-state index < -0.39 is 5.97 Å². The number of ether oxygens (including phenoxy) is 1. The number of hydrogen-bond acceptors (Lipinski definition) is 6. The molecule has 1 aliphatic heterocycles. The van der Waals surface area contributed by atoms with Gasteiger partial charge in [-0.15, -0.1) is 0 Å². The number of anilines is 1. The summed E-state index contributed by atoms with van der Waals surface area (Å²) in [5.41, 5.74) is 0.503. The van der Waals surface area contributed by atoms with Crippen molar-refractivity contribution in [3.63, 3.8) is 0 Å². The van der Waals surface area contributed by atoms with E-state index in [0.29, 0.717) is 31.4 Å². The predicted molar refractivity (Wildman–Crippen MR) is 62.8 cm³/mol. The van der Waals surface area contributed by atoms with Crippen molar-refractivity contribution in [3.8, 4) is 0 Å². The maximum Gasteiger partial charge on any atom is 0.339 e. The second kappa shape index (κ2) is 5.28. The molecule has 2 rings (SSSR count). The molecule has 0 aliphatic carbocycles. The normalized spacial score (nSPS) is 19.9. The molecule has 0 bridgehead atoms. The molecule has 1 atom stereocenters. The summed E-state index contributed by atoms with van der Waals surface area (Å²) < 4.78 is 5.27. The lowest BCUT2D eigenvalue weighted by atomic mass is 10.2. The van der Waals surface area contributed by atoms with Gasteiger partial charge in [0.1, 0.15) is 0 Å². The monoisotopic (exact) mass is 253 g/mol. The molecule has 0 aromatic carbocycles. The van der Waals surface area contributed by atoms with E-state index in [2.05, 4.69) is 9.97 Å². The minimum atomic E-state index is -1.04. The van der Waals surface area contributed by atoms with Crippen molar-refractivity contribution in [2.45, 2.75) is 13.0 Å². The topological polar surface area (TPSA) is 95.8 Å². The van der Waals surface area contributed by atoms with Gasteiger partial charge in [0.15, 0.2) is 0 Å². The Labute approximate surface area is 104 Å². The van der Waals surface area contributed by atoms with Gasteiger partial charge in [-0.25, -0.2) is 14.8 Å². The van der Waals surface area contributed by atoms with Gasteiger partial charge in [0.2, 0.25) is 5.95 Å². The van der Waals surface area contributed by atoms with Gasteiger partial charge in [0.25, 0.3) is 0 Å². The summed E-state index contributed by atoms with van der Waals surface area (Å²) in [6.45, 7) is 3.11. The number of aryl methyl sites for hydroxylation is 1. The molecule has 0 radical (unpaired) electrons. The molecule has 0 saturated carbocycles. The highest BCUT2D eigenvalue weighted by molar-refractivity contribution is 5.88. The van der Waals surface area contributed by atoms with Crippen molar-refractivity contribution in [1.82, 2.24) is 9.97 Å². The van der Waals surface area contributed by atoms with Gasteiger partial charge >= 0.3 is 5.97 Å². The van der Waals surface area contributed by atoms with Crippen LogP contribution in [-0.2, 0) is 4.74 Å². The van der Waals surface area contributed by atoms with Gasteiger partial charge in [0, 0.05) is 12.7 Å². The Morgan fingerprint density at radius 2 is 2.44 bits per heavy atom. The van der Waals surface area contributed by atoms with Crippen molar-refractivity contribution in [3.05, 3.63) is 17.5 Å². The molecule has 2 heterocycles. The molecular formula is C11H15N3O4. The number of rotatable bonds is 3. The Kier molecular flexibility index (Phi) is 3.73. The predicted octanol–water partition coefficient (Wildman–Crippen LogP) is -0.319. The first-order valence-electron chi connectivity index (χ1n) is 5.65. The average Bonchev–Trinajstić information content (AvgIpc) is 2.38. The van der Waals surface area contributed by atoms with E-state index in [0.717, 1.165) is 0 Å². The Bertz CT molecular complexity index is 452. The van der Waals surface area contributed by atoms with Gasteiger partial charge in [-0.05, 0) is 6.92 Å². The zero-order chi connectivity index (χ0) is 13.1. The smallest absolute Gasteiger partial charge is 0.339 e. The number of carbonyl (C=O) groups is 1. The van der Waals surface area contributed by atoms with Crippen LogP contribution in [-0.4, -0.2) is 58.6 Å². The Hall–Kier alpha value is -1.73. The molecule has 1 saturated heterocycles. The number of carboxylic acids is 1. The van der Waals surface area contributed by atoms with Crippen molar-refractivity contribution in [2.24, 2.45) is 0 Å². The van der Waals surface area contributed by atoms with Gasteiger partial charge in [0.05, 0.1) is 37.1 Å². The molecule has 18 heavy (non-hydrogen) atoms. The molecule has 1 unspecified atom stereocenters. The zero-order valence-electron chi connectivity index (χ0n) is 10.0. The summed E-state index contributed by atoms with van der Waals surface area (Å²) in [5, 5.41) is 18.2. The number of carboxylic acid groups (broad SMARTS) is 1. The maximum absolute atomic E-state index is 10.9. The van der Waals surface area contributed by atoms with Crippen LogP contribution in [0.1, 0.15) is 16.1 Å². The first kappa shape index (κ1) is 12.7. The third-order valence-electron chi connectivity index (χ3n) is 2.89. The van der Waals surface area contributed by atoms with Crippen molar-refractivity contribution < 1.29 is 19.7 Å². The minimum Gasteiger partial charge on any atom is -0.478 e. The number of hydrogen-bond donors (Lipinski definition) is 2. The third-order valence-corrected chi connectivity index (χ3v) is 2.89.